The number of nitro benzene ring substituents is 1. The number of non-ortho nitro benzene ring substituents is 1. The summed E-state index contributed by atoms with van der Waals surface area (Å²) >= 11 is 0. The Labute approximate surface area is 228 Å². The maximum Gasteiger partial charge on any atom is 0.269 e. The molecule has 1 saturated carbocycles. The summed E-state index contributed by atoms with van der Waals surface area (Å²) in [6, 6.07) is 20.1. The molecular formula is C32H32N2O5. The fourth-order valence-electron chi connectivity index (χ4n) is 5.76. The van der Waals surface area contributed by atoms with Gasteiger partial charge in [0.05, 0.1) is 12.0 Å². The second kappa shape index (κ2) is 11.6. The number of nitrogens with zero attached hydrogens (tertiary/aromatic N) is 2. The van der Waals surface area contributed by atoms with E-state index in [1.54, 1.807) is 48.4 Å². The number of amides is 1. The summed E-state index contributed by atoms with van der Waals surface area (Å²) in [6.07, 6.45) is 8.09. The van der Waals surface area contributed by atoms with Gasteiger partial charge in [0.2, 0.25) is 0 Å². The van der Waals surface area contributed by atoms with Crippen LogP contribution < -0.4 is 9.64 Å². The number of carbonyl (C=O) groups is 2. The van der Waals surface area contributed by atoms with Crippen LogP contribution >= 0.6 is 0 Å². The lowest BCUT2D eigenvalue weighted by atomic mass is 9.83. The van der Waals surface area contributed by atoms with Crippen molar-refractivity contribution >= 4 is 29.1 Å². The van der Waals surface area contributed by atoms with Gasteiger partial charge in [-0.2, -0.15) is 0 Å². The second-order valence-corrected chi connectivity index (χ2v) is 10.3. The third-order valence-corrected chi connectivity index (χ3v) is 7.79. The van der Waals surface area contributed by atoms with Gasteiger partial charge in [0.1, 0.15) is 11.8 Å². The molecule has 2 aliphatic carbocycles. The monoisotopic (exact) mass is 524 g/mol. The first kappa shape index (κ1) is 26.4. The van der Waals surface area contributed by atoms with E-state index in [0.717, 1.165) is 36.8 Å². The topological polar surface area (TPSA) is 89.8 Å². The van der Waals surface area contributed by atoms with Gasteiger partial charge in [-0.05, 0) is 52.9 Å². The number of anilines is 1. The normalized spacial score (nSPS) is 15.7. The Morgan fingerprint density at radius 2 is 1.74 bits per heavy atom. The number of hydrogen-bond donors (Lipinski definition) is 0. The quantitative estimate of drug-likeness (QED) is 0.225. The highest BCUT2D eigenvalue weighted by molar-refractivity contribution is 6.13. The van der Waals surface area contributed by atoms with Gasteiger partial charge < -0.3 is 4.74 Å². The van der Waals surface area contributed by atoms with Crippen molar-refractivity contribution in [3.63, 3.8) is 0 Å². The van der Waals surface area contributed by atoms with E-state index >= 15 is 0 Å². The predicted octanol–water partition coefficient (Wildman–Crippen LogP) is 6.86. The smallest absolute Gasteiger partial charge is 0.269 e. The number of benzene rings is 3. The standard InChI is InChI=1S/C32H32N2O5/c1-39-29-13-7-12-28(21-29)33(32(36)26-19-24-10-5-6-11-25(24)20-26)31(23-14-16-27(17-15-23)34(37)38)30(35)18-22-8-3-2-4-9-22/h5-7,10-17,19,21-22,31H,2-4,8-9,18,20H2,1H3. The summed E-state index contributed by atoms with van der Waals surface area (Å²) in [6.45, 7) is 0. The summed E-state index contributed by atoms with van der Waals surface area (Å²) in [7, 11) is 1.56. The van der Waals surface area contributed by atoms with Gasteiger partial charge in [0.25, 0.3) is 11.6 Å². The number of ketones is 1. The van der Waals surface area contributed by atoms with Crippen LogP contribution in [0.1, 0.15) is 61.3 Å². The molecule has 2 aliphatic rings. The number of fused-ring (bicyclic) bond motifs is 1. The minimum absolute atomic E-state index is 0.0644. The molecule has 3 aromatic carbocycles. The molecule has 0 aliphatic heterocycles. The van der Waals surface area contributed by atoms with Gasteiger partial charge >= 0.3 is 0 Å². The van der Waals surface area contributed by atoms with E-state index < -0.39 is 11.0 Å². The zero-order valence-corrected chi connectivity index (χ0v) is 22.0. The molecule has 0 bridgehead atoms. The van der Waals surface area contributed by atoms with E-state index in [1.807, 2.05) is 30.3 Å². The number of nitro groups is 1. The molecule has 0 radical (unpaired) electrons. The zero-order valence-electron chi connectivity index (χ0n) is 22.0. The molecule has 0 heterocycles. The molecule has 0 aromatic heterocycles. The van der Waals surface area contributed by atoms with Crippen molar-refractivity contribution in [3.05, 3.63) is 105 Å². The molecule has 200 valence electrons. The van der Waals surface area contributed by atoms with Crippen LogP contribution in [0.4, 0.5) is 11.4 Å². The van der Waals surface area contributed by atoms with Gasteiger partial charge in [-0.25, -0.2) is 0 Å². The number of hydrogen-bond acceptors (Lipinski definition) is 5. The molecule has 0 spiro atoms. The molecule has 7 heteroatoms. The Bertz CT molecular complexity index is 1410. The van der Waals surface area contributed by atoms with Crippen LogP contribution in [0, 0.1) is 16.0 Å². The summed E-state index contributed by atoms with van der Waals surface area (Å²) in [5, 5.41) is 11.3. The minimum Gasteiger partial charge on any atom is -0.497 e. The molecule has 1 fully saturated rings. The number of methoxy groups -OCH3 is 1. The van der Waals surface area contributed by atoms with Gasteiger partial charge in [0, 0.05) is 42.3 Å². The Kier molecular flexibility index (Phi) is 7.87. The van der Waals surface area contributed by atoms with Gasteiger partial charge in [-0.15, -0.1) is 0 Å². The zero-order chi connectivity index (χ0) is 27.4. The van der Waals surface area contributed by atoms with Crippen LogP contribution in [0.5, 0.6) is 5.75 Å². The third-order valence-electron chi connectivity index (χ3n) is 7.79. The van der Waals surface area contributed by atoms with E-state index in [0.29, 0.717) is 35.4 Å². The van der Waals surface area contributed by atoms with Crippen molar-refractivity contribution in [3.8, 4) is 5.75 Å². The molecule has 39 heavy (non-hydrogen) atoms. The average molecular weight is 525 g/mol. The molecule has 1 atom stereocenters. The average Bonchev–Trinajstić information content (AvgIpc) is 3.40. The number of ether oxygens (including phenoxy) is 1. The van der Waals surface area contributed by atoms with Crippen molar-refractivity contribution in [2.75, 3.05) is 12.0 Å². The molecule has 5 rings (SSSR count). The maximum absolute atomic E-state index is 14.4. The van der Waals surface area contributed by atoms with Gasteiger partial charge in [-0.3, -0.25) is 24.6 Å². The van der Waals surface area contributed by atoms with Crippen molar-refractivity contribution in [2.24, 2.45) is 5.92 Å². The Balaban J connectivity index is 1.60. The largest absolute Gasteiger partial charge is 0.497 e. The van der Waals surface area contributed by atoms with Crippen LogP contribution in [-0.4, -0.2) is 23.7 Å². The Hall–Kier alpha value is -4.26. The Morgan fingerprint density at radius 3 is 2.44 bits per heavy atom. The first-order valence-electron chi connectivity index (χ1n) is 13.5. The first-order valence-corrected chi connectivity index (χ1v) is 13.5. The number of carbonyl (C=O) groups excluding carboxylic acids is 2. The highest BCUT2D eigenvalue weighted by Gasteiger charge is 2.36. The van der Waals surface area contributed by atoms with E-state index in [1.165, 1.54) is 18.6 Å². The first-order chi connectivity index (χ1) is 18.9. The summed E-state index contributed by atoms with van der Waals surface area (Å²) in [4.78, 5) is 41.0. The Morgan fingerprint density at radius 1 is 1.00 bits per heavy atom. The van der Waals surface area contributed by atoms with Gasteiger partial charge in [-0.1, -0.05) is 62.4 Å². The van der Waals surface area contributed by atoms with Crippen LogP contribution in [0.2, 0.25) is 0 Å². The SMILES string of the molecule is COc1cccc(N(C(=O)C2=Cc3ccccc3C2)C(C(=O)CC2CCCCC2)c2ccc([N+](=O)[O-])cc2)c1. The van der Waals surface area contributed by atoms with Crippen molar-refractivity contribution in [1.82, 2.24) is 0 Å². The lowest BCUT2D eigenvalue weighted by molar-refractivity contribution is -0.384. The second-order valence-electron chi connectivity index (χ2n) is 10.3. The number of rotatable bonds is 9. The maximum atomic E-state index is 14.4. The molecule has 1 unspecified atom stereocenters. The lowest BCUT2D eigenvalue weighted by Crippen LogP contribution is -2.40. The van der Waals surface area contributed by atoms with E-state index in [-0.39, 0.29) is 23.3 Å². The summed E-state index contributed by atoms with van der Waals surface area (Å²) in [5.74, 6) is 0.503. The molecule has 7 nitrogen and oxygen atoms in total. The van der Waals surface area contributed by atoms with E-state index in [2.05, 4.69) is 0 Å². The van der Waals surface area contributed by atoms with Crippen LogP contribution in [0.25, 0.3) is 6.08 Å². The van der Waals surface area contributed by atoms with E-state index in [9.17, 15) is 19.7 Å². The lowest BCUT2D eigenvalue weighted by Gasteiger charge is -2.33. The molecule has 1 amide bonds. The third kappa shape index (κ3) is 5.77. The minimum atomic E-state index is -0.933. The van der Waals surface area contributed by atoms with Crippen molar-refractivity contribution in [1.29, 1.82) is 0 Å². The molecular weight excluding hydrogens is 492 g/mol. The van der Waals surface area contributed by atoms with Crippen LogP contribution in [0.3, 0.4) is 0 Å². The van der Waals surface area contributed by atoms with Crippen LogP contribution in [0.15, 0.2) is 78.4 Å². The predicted molar refractivity (Wildman–Crippen MR) is 151 cm³/mol. The van der Waals surface area contributed by atoms with Crippen LogP contribution in [-0.2, 0) is 16.0 Å². The van der Waals surface area contributed by atoms with Crippen molar-refractivity contribution < 1.29 is 19.2 Å². The molecule has 0 N–H and O–H groups in total. The van der Waals surface area contributed by atoms with Gasteiger partial charge in [0.15, 0.2) is 5.78 Å². The number of Topliss-reactive ketones (excluding diaryl/α,β-unsaturated/α-hetero) is 1. The summed E-state index contributed by atoms with van der Waals surface area (Å²) < 4.78 is 5.46. The highest BCUT2D eigenvalue weighted by Crippen LogP contribution is 2.37. The highest BCUT2D eigenvalue weighted by atomic mass is 16.6. The fraction of sp³-hybridized carbons (Fsp3) is 0.312. The fourth-order valence-corrected chi connectivity index (χ4v) is 5.76. The van der Waals surface area contributed by atoms with Crippen molar-refractivity contribution in [2.45, 2.75) is 51.0 Å². The summed E-state index contributed by atoms with van der Waals surface area (Å²) in [5.41, 5.74) is 3.67. The van der Waals surface area contributed by atoms with E-state index in [4.69, 9.17) is 4.74 Å². The molecule has 3 aromatic rings. The molecule has 0 saturated heterocycles.